The molecule has 1 saturated heterocycles. The molecular weight excluding hydrogens is 420 g/mol. The largest absolute Gasteiger partial charge is 0.416 e. The number of aromatic nitrogens is 3. The summed E-state index contributed by atoms with van der Waals surface area (Å²) < 4.78 is 60.7. The lowest BCUT2D eigenvalue weighted by Crippen LogP contribution is -2.59. The maximum absolute atomic E-state index is 14.9. The maximum Gasteiger partial charge on any atom is 0.416 e. The molecule has 3 N–H and O–H groups in total. The second-order valence-electron chi connectivity index (χ2n) is 7.91. The lowest BCUT2D eigenvalue weighted by Gasteiger charge is -2.41. The highest BCUT2D eigenvalue weighted by Gasteiger charge is 2.56. The Hall–Kier alpha value is -2.60. The first kappa shape index (κ1) is 21.6. The number of aryl methyl sites for hydroxylation is 1. The van der Waals surface area contributed by atoms with Crippen molar-refractivity contribution in [2.24, 2.45) is 0 Å². The molecule has 2 aromatic heterocycles. The summed E-state index contributed by atoms with van der Waals surface area (Å²) in [7, 11) is 0. The van der Waals surface area contributed by atoms with Crippen LogP contribution in [0.1, 0.15) is 35.4 Å². The molecule has 3 atom stereocenters. The van der Waals surface area contributed by atoms with E-state index in [0.29, 0.717) is 11.7 Å². The van der Waals surface area contributed by atoms with Gasteiger partial charge in [0.2, 0.25) is 0 Å². The van der Waals surface area contributed by atoms with Gasteiger partial charge in [0.1, 0.15) is 23.2 Å². The minimum atomic E-state index is -4.73. The number of benzene rings is 1. The van der Waals surface area contributed by atoms with Crippen molar-refractivity contribution in [3.63, 3.8) is 0 Å². The number of fused-ring (bicyclic) bond motifs is 1. The highest BCUT2D eigenvalue weighted by Crippen LogP contribution is 2.42. The Morgan fingerprint density at radius 1 is 1.26 bits per heavy atom. The van der Waals surface area contributed by atoms with E-state index >= 15 is 0 Å². The normalized spacial score (nSPS) is 25.3. The number of nitrogens with zero attached hydrogens (tertiary/aromatic N) is 3. The first-order valence-electron chi connectivity index (χ1n) is 9.38. The van der Waals surface area contributed by atoms with Crippen LogP contribution >= 0.6 is 0 Å². The third-order valence-corrected chi connectivity index (χ3v) is 5.57. The van der Waals surface area contributed by atoms with Gasteiger partial charge in [-0.25, -0.2) is 13.9 Å². The zero-order chi connectivity index (χ0) is 22.6. The van der Waals surface area contributed by atoms with E-state index in [2.05, 4.69) is 15.4 Å². The topological polar surface area (TPSA) is 91.9 Å². The summed E-state index contributed by atoms with van der Waals surface area (Å²) in [4.78, 5) is 4.23. The lowest BCUT2D eigenvalue weighted by atomic mass is 9.77. The van der Waals surface area contributed by atoms with Crippen LogP contribution in [0.5, 0.6) is 0 Å². The molecule has 0 saturated carbocycles. The van der Waals surface area contributed by atoms with E-state index in [0.717, 1.165) is 17.7 Å². The molecule has 3 aromatic rings. The first-order chi connectivity index (χ1) is 14.4. The van der Waals surface area contributed by atoms with Gasteiger partial charge in [0.15, 0.2) is 5.65 Å². The van der Waals surface area contributed by atoms with E-state index in [1.54, 1.807) is 12.4 Å². The van der Waals surface area contributed by atoms with Gasteiger partial charge in [-0.05, 0) is 31.5 Å². The molecule has 1 fully saturated rings. The smallest absolute Gasteiger partial charge is 0.385 e. The summed E-state index contributed by atoms with van der Waals surface area (Å²) in [5, 5.41) is 28.8. The summed E-state index contributed by atoms with van der Waals surface area (Å²) in [6.45, 7) is 2.66. The zero-order valence-corrected chi connectivity index (χ0v) is 16.6. The Balaban J connectivity index is 1.77. The van der Waals surface area contributed by atoms with Crippen molar-refractivity contribution >= 4 is 5.65 Å². The third-order valence-electron chi connectivity index (χ3n) is 5.57. The van der Waals surface area contributed by atoms with Crippen molar-refractivity contribution in [1.82, 2.24) is 19.9 Å². The van der Waals surface area contributed by atoms with Crippen LogP contribution in [0.2, 0.25) is 0 Å². The third kappa shape index (κ3) is 3.57. The average Bonchev–Trinajstić information content (AvgIpc) is 3.21. The number of halogens is 4. The van der Waals surface area contributed by atoms with Gasteiger partial charge >= 0.3 is 6.18 Å². The predicted octanol–water partition coefficient (Wildman–Crippen LogP) is 2.45. The van der Waals surface area contributed by atoms with Gasteiger partial charge in [-0.15, -0.1) is 0 Å². The Morgan fingerprint density at radius 2 is 2.00 bits per heavy atom. The van der Waals surface area contributed by atoms with E-state index in [4.69, 9.17) is 4.74 Å². The summed E-state index contributed by atoms with van der Waals surface area (Å²) in [5.74, 6) is -1.19. The van der Waals surface area contributed by atoms with Gasteiger partial charge in [0, 0.05) is 18.0 Å². The summed E-state index contributed by atoms with van der Waals surface area (Å²) in [6.07, 6.45) is -1.58. The molecule has 1 aliphatic heterocycles. The van der Waals surface area contributed by atoms with Crippen molar-refractivity contribution in [1.29, 1.82) is 0 Å². The highest BCUT2D eigenvalue weighted by atomic mass is 19.4. The molecule has 0 amide bonds. The fraction of sp³-hybridized carbons (Fsp3) is 0.400. The summed E-state index contributed by atoms with van der Waals surface area (Å²) in [5.41, 5.74) is -3.50. The molecular formula is C20H20F4N4O3. The molecule has 0 aliphatic carbocycles. The van der Waals surface area contributed by atoms with Gasteiger partial charge in [0.25, 0.3) is 0 Å². The van der Waals surface area contributed by atoms with Crippen LogP contribution in [0.25, 0.3) is 5.65 Å². The maximum atomic E-state index is 14.9. The van der Waals surface area contributed by atoms with Crippen LogP contribution in [-0.4, -0.2) is 43.6 Å². The molecule has 0 radical (unpaired) electrons. The Morgan fingerprint density at radius 3 is 2.61 bits per heavy atom. The number of ether oxygens (including phenoxy) is 1. The molecule has 166 valence electrons. The van der Waals surface area contributed by atoms with Crippen molar-refractivity contribution in [3.05, 3.63) is 64.9 Å². The quantitative estimate of drug-likeness (QED) is 0.427. The molecule has 31 heavy (non-hydrogen) atoms. The number of aliphatic hydroxyl groups is 2. The van der Waals surface area contributed by atoms with Gasteiger partial charge in [-0.2, -0.15) is 18.3 Å². The Labute approximate surface area is 174 Å². The van der Waals surface area contributed by atoms with Crippen molar-refractivity contribution < 1.29 is 32.5 Å². The molecule has 7 nitrogen and oxygen atoms in total. The van der Waals surface area contributed by atoms with Crippen LogP contribution in [-0.2, 0) is 16.5 Å². The number of alkyl halides is 3. The number of rotatable bonds is 4. The van der Waals surface area contributed by atoms with Gasteiger partial charge in [-0.1, -0.05) is 6.07 Å². The fourth-order valence-corrected chi connectivity index (χ4v) is 3.85. The molecule has 3 unspecified atom stereocenters. The SMILES string of the molecule is Cc1cnc2c(C(O)NC3(c4ccc(C(F)(F)F)cc4F)COCC3(C)O)cnn2c1. The molecule has 3 heterocycles. The monoisotopic (exact) mass is 440 g/mol. The zero-order valence-electron chi connectivity index (χ0n) is 16.6. The van der Waals surface area contributed by atoms with E-state index in [9.17, 15) is 27.8 Å². The highest BCUT2D eigenvalue weighted by molar-refractivity contribution is 5.48. The van der Waals surface area contributed by atoms with Gasteiger partial charge in [0.05, 0.1) is 30.5 Å². The average molecular weight is 440 g/mol. The van der Waals surface area contributed by atoms with Crippen LogP contribution in [0.15, 0.2) is 36.8 Å². The fourth-order valence-electron chi connectivity index (χ4n) is 3.85. The van der Waals surface area contributed by atoms with Crippen LogP contribution < -0.4 is 5.32 Å². The predicted molar refractivity (Wildman–Crippen MR) is 100 cm³/mol. The number of aliphatic hydroxyl groups excluding tert-OH is 1. The number of nitrogens with one attached hydrogen (secondary N) is 1. The van der Waals surface area contributed by atoms with Gasteiger partial charge in [-0.3, -0.25) is 5.32 Å². The van der Waals surface area contributed by atoms with E-state index in [1.165, 1.54) is 17.6 Å². The van der Waals surface area contributed by atoms with Crippen molar-refractivity contribution in [2.75, 3.05) is 13.2 Å². The van der Waals surface area contributed by atoms with Crippen LogP contribution in [0, 0.1) is 12.7 Å². The van der Waals surface area contributed by atoms with Crippen molar-refractivity contribution in [3.8, 4) is 0 Å². The van der Waals surface area contributed by atoms with Crippen LogP contribution in [0.3, 0.4) is 0 Å². The standard InChI is InChI=1S/C20H20F4N4O3/c1-11-6-25-16-13(7-26-28(16)8-11)17(29)27-19(10-31-9-18(19,2)30)14-4-3-12(5-15(14)21)20(22,23)24/h3-8,17,27,29-30H,9-10H2,1-2H3. The summed E-state index contributed by atoms with van der Waals surface area (Å²) in [6, 6.07) is 2.03. The van der Waals surface area contributed by atoms with E-state index in [-0.39, 0.29) is 24.3 Å². The second kappa shape index (κ2) is 7.23. The van der Waals surface area contributed by atoms with Crippen molar-refractivity contribution in [2.45, 2.75) is 37.4 Å². The first-order valence-corrected chi connectivity index (χ1v) is 9.38. The van der Waals surface area contributed by atoms with Gasteiger partial charge < -0.3 is 14.9 Å². The molecule has 0 spiro atoms. The lowest BCUT2D eigenvalue weighted by molar-refractivity contribution is -0.137. The van der Waals surface area contributed by atoms with E-state index < -0.39 is 34.9 Å². The molecule has 1 aromatic carbocycles. The molecule has 1 aliphatic rings. The Bertz CT molecular complexity index is 1130. The Kier molecular flexibility index (Phi) is 5.04. The summed E-state index contributed by atoms with van der Waals surface area (Å²) >= 11 is 0. The number of hydrogen-bond acceptors (Lipinski definition) is 6. The minimum Gasteiger partial charge on any atom is -0.385 e. The second-order valence-corrected chi connectivity index (χ2v) is 7.91. The molecule has 11 heteroatoms. The molecule has 4 rings (SSSR count). The molecule has 0 bridgehead atoms. The van der Waals surface area contributed by atoms with E-state index in [1.807, 2.05) is 6.92 Å². The van der Waals surface area contributed by atoms with Crippen LogP contribution in [0.4, 0.5) is 17.6 Å². The minimum absolute atomic E-state index is 0.223. The number of hydrogen-bond donors (Lipinski definition) is 3.